The Hall–Kier alpha value is -1.30. The molecule has 1 rings (SSSR count). The second-order valence-corrected chi connectivity index (χ2v) is 5.25. The maximum absolute atomic E-state index is 11.5. The Labute approximate surface area is 109 Å². The highest BCUT2D eigenvalue weighted by Gasteiger charge is 2.18. The van der Waals surface area contributed by atoms with E-state index in [2.05, 4.69) is 26.2 Å². The number of nitrogens with zero attached hydrogens (tertiary/aromatic N) is 1. The fourth-order valence-corrected chi connectivity index (χ4v) is 1.38. The number of anilines is 1. The lowest BCUT2D eigenvalue weighted by Gasteiger charge is -2.19. The van der Waals surface area contributed by atoms with Gasteiger partial charge < -0.3 is 9.47 Å². The summed E-state index contributed by atoms with van der Waals surface area (Å²) < 4.78 is 11.0. The molecule has 0 aromatic carbocycles. The molecule has 0 aliphatic heterocycles. The minimum Gasteiger partial charge on any atom is -0.493 e. The van der Waals surface area contributed by atoms with E-state index >= 15 is 0 Å². The van der Waals surface area contributed by atoms with E-state index < -0.39 is 11.7 Å². The Bertz CT molecular complexity index is 416. The van der Waals surface area contributed by atoms with E-state index in [0.717, 1.165) is 4.47 Å². The van der Waals surface area contributed by atoms with Crippen LogP contribution in [0, 0.1) is 0 Å². The highest BCUT2D eigenvalue weighted by atomic mass is 79.9. The van der Waals surface area contributed by atoms with Gasteiger partial charge in [-0.1, -0.05) is 0 Å². The molecule has 6 heteroatoms. The average molecular weight is 303 g/mol. The molecule has 1 N–H and O–H groups in total. The van der Waals surface area contributed by atoms with Gasteiger partial charge >= 0.3 is 6.09 Å². The van der Waals surface area contributed by atoms with E-state index in [1.807, 2.05) is 0 Å². The molecule has 0 spiro atoms. The number of methoxy groups -OCH3 is 1. The number of rotatable bonds is 2. The third-order valence-corrected chi connectivity index (χ3v) is 2.09. The second-order valence-electron chi connectivity index (χ2n) is 4.33. The van der Waals surface area contributed by atoms with Gasteiger partial charge in [0.1, 0.15) is 5.60 Å². The number of amides is 1. The quantitative estimate of drug-likeness (QED) is 0.911. The van der Waals surface area contributed by atoms with Crippen molar-refractivity contribution in [2.24, 2.45) is 0 Å². The minimum absolute atomic E-state index is 0.324. The van der Waals surface area contributed by atoms with Gasteiger partial charge in [-0.05, 0) is 42.8 Å². The summed E-state index contributed by atoms with van der Waals surface area (Å²) in [6.07, 6.45) is 1.00. The van der Waals surface area contributed by atoms with Gasteiger partial charge in [0.25, 0.3) is 0 Å². The third kappa shape index (κ3) is 4.60. The van der Waals surface area contributed by atoms with Gasteiger partial charge in [-0.2, -0.15) is 0 Å². The number of ether oxygens (including phenoxy) is 2. The summed E-state index contributed by atoms with van der Waals surface area (Å²) in [5.41, 5.74) is -0.549. The molecular weight excluding hydrogens is 288 g/mol. The molecule has 1 aromatic rings. The Morgan fingerprint density at radius 3 is 2.65 bits per heavy atom. The van der Waals surface area contributed by atoms with Crippen LogP contribution in [0.15, 0.2) is 16.7 Å². The van der Waals surface area contributed by atoms with E-state index in [1.165, 1.54) is 7.11 Å². The van der Waals surface area contributed by atoms with Crippen molar-refractivity contribution in [1.29, 1.82) is 0 Å². The predicted octanol–water partition coefficient (Wildman–Crippen LogP) is 3.20. The molecule has 0 saturated carbocycles. The van der Waals surface area contributed by atoms with Crippen LogP contribution in [0.2, 0.25) is 0 Å². The van der Waals surface area contributed by atoms with Crippen LogP contribution in [0.4, 0.5) is 10.6 Å². The van der Waals surface area contributed by atoms with Crippen molar-refractivity contribution < 1.29 is 14.3 Å². The van der Waals surface area contributed by atoms with Crippen LogP contribution < -0.4 is 10.1 Å². The molecule has 0 atom stereocenters. The van der Waals surface area contributed by atoms with E-state index in [1.54, 1.807) is 33.0 Å². The minimum atomic E-state index is -0.564. The van der Waals surface area contributed by atoms with Crippen molar-refractivity contribution in [2.75, 3.05) is 12.4 Å². The molecule has 0 radical (unpaired) electrons. The first-order valence-corrected chi connectivity index (χ1v) is 5.80. The predicted molar refractivity (Wildman–Crippen MR) is 68.3 cm³/mol. The SMILES string of the molecule is COc1cc(Br)cnc1NC(=O)OC(C)(C)C. The lowest BCUT2D eigenvalue weighted by atomic mass is 10.2. The summed E-state index contributed by atoms with van der Waals surface area (Å²) in [5.74, 6) is 0.787. The first kappa shape index (κ1) is 13.8. The smallest absolute Gasteiger partial charge is 0.413 e. The van der Waals surface area contributed by atoms with Crippen LogP contribution in [0.3, 0.4) is 0 Å². The van der Waals surface area contributed by atoms with Gasteiger partial charge in [0.05, 0.1) is 7.11 Å². The largest absolute Gasteiger partial charge is 0.493 e. The number of carbonyl (C=O) groups is 1. The normalized spacial score (nSPS) is 10.9. The fraction of sp³-hybridized carbons (Fsp3) is 0.455. The van der Waals surface area contributed by atoms with Gasteiger partial charge in [-0.15, -0.1) is 0 Å². The fourth-order valence-electron chi connectivity index (χ4n) is 1.07. The van der Waals surface area contributed by atoms with Gasteiger partial charge in [-0.3, -0.25) is 5.32 Å². The maximum atomic E-state index is 11.5. The summed E-state index contributed by atoms with van der Waals surface area (Å²) in [4.78, 5) is 15.6. The Balaban J connectivity index is 2.78. The highest BCUT2D eigenvalue weighted by Crippen LogP contribution is 2.25. The molecule has 0 unspecified atom stereocenters. The van der Waals surface area contributed by atoms with Gasteiger partial charge in [-0.25, -0.2) is 9.78 Å². The summed E-state index contributed by atoms with van der Waals surface area (Å²) in [6, 6.07) is 1.71. The van der Waals surface area contributed by atoms with Crippen LogP contribution in [0.1, 0.15) is 20.8 Å². The average Bonchev–Trinajstić information content (AvgIpc) is 2.17. The lowest BCUT2D eigenvalue weighted by molar-refractivity contribution is 0.0634. The zero-order valence-corrected chi connectivity index (χ0v) is 11.8. The Kier molecular flexibility index (Phi) is 4.34. The number of nitrogens with one attached hydrogen (secondary N) is 1. The van der Waals surface area contributed by atoms with Gasteiger partial charge in [0.15, 0.2) is 11.6 Å². The standard InChI is InChI=1S/C11H15BrN2O3/c1-11(2,3)17-10(15)14-9-8(16-4)5-7(12)6-13-9/h5-6H,1-4H3,(H,13,14,15). The van der Waals surface area contributed by atoms with Crippen molar-refractivity contribution in [1.82, 2.24) is 4.98 Å². The van der Waals surface area contributed by atoms with E-state index in [-0.39, 0.29) is 0 Å². The summed E-state index contributed by atoms with van der Waals surface area (Å²) in [6.45, 7) is 5.37. The van der Waals surface area contributed by atoms with Crippen molar-refractivity contribution in [3.8, 4) is 5.75 Å². The van der Waals surface area contributed by atoms with E-state index in [0.29, 0.717) is 11.6 Å². The molecule has 1 amide bonds. The summed E-state index contributed by atoms with van der Waals surface area (Å²) in [5, 5.41) is 2.53. The van der Waals surface area contributed by atoms with Crippen molar-refractivity contribution >= 4 is 27.8 Å². The van der Waals surface area contributed by atoms with Crippen LogP contribution in [-0.2, 0) is 4.74 Å². The highest BCUT2D eigenvalue weighted by molar-refractivity contribution is 9.10. The molecule has 0 saturated heterocycles. The van der Waals surface area contributed by atoms with Crippen molar-refractivity contribution in [2.45, 2.75) is 26.4 Å². The number of hydrogen-bond acceptors (Lipinski definition) is 4. The number of carbonyl (C=O) groups excluding carboxylic acids is 1. The molecule has 1 aromatic heterocycles. The number of halogens is 1. The van der Waals surface area contributed by atoms with E-state index in [4.69, 9.17) is 9.47 Å². The molecule has 5 nitrogen and oxygen atoms in total. The molecule has 0 bridgehead atoms. The third-order valence-electron chi connectivity index (χ3n) is 1.66. The number of hydrogen-bond donors (Lipinski definition) is 1. The summed E-state index contributed by atoms with van der Waals surface area (Å²) in [7, 11) is 1.50. The Morgan fingerprint density at radius 2 is 2.12 bits per heavy atom. The molecular formula is C11H15BrN2O3. The number of aromatic nitrogens is 1. The topological polar surface area (TPSA) is 60.5 Å². The van der Waals surface area contributed by atoms with Gasteiger partial charge in [0.2, 0.25) is 0 Å². The Morgan fingerprint density at radius 1 is 1.47 bits per heavy atom. The molecule has 0 aliphatic carbocycles. The lowest BCUT2D eigenvalue weighted by Crippen LogP contribution is -2.27. The van der Waals surface area contributed by atoms with Crippen LogP contribution in [0.25, 0.3) is 0 Å². The molecule has 0 aliphatic rings. The molecule has 0 fully saturated rings. The van der Waals surface area contributed by atoms with Crippen molar-refractivity contribution in [3.63, 3.8) is 0 Å². The molecule has 1 heterocycles. The summed E-state index contributed by atoms with van der Waals surface area (Å²) >= 11 is 3.27. The number of pyridine rings is 1. The first-order chi connectivity index (χ1) is 7.81. The van der Waals surface area contributed by atoms with Crippen molar-refractivity contribution in [3.05, 3.63) is 16.7 Å². The maximum Gasteiger partial charge on any atom is 0.413 e. The van der Waals surface area contributed by atoms with Crippen LogP contribution in [0.5, 0.6) is 5.75 Å². The molecule has 17 heavy (non-hydrogen) atoms. The van der Waals surface area contributed by atoms with Crippen LogP contribution in [-0.4, -0.2) is 23.8 Å². The second kappa shape index (κ2) is 5.35. The zero-order chi connectivity index (χ0) is 13.1. The first-order valence-electron chi connectivity index (χ1n) is 5.01. The monoisotopic (exact) mass is 302 g/mol. The van der Waals surface area contributed by atoms with Crippen LogP contribution >= 0.6 is 15.9 Å². The van der Waals surface area contributed by atoms with Gasteiger partial charge in [0, 0.05) is 10.7 Å². The van der Waals surface area contributed by atoms with E-state index in [9.17, 15) is 4.79 Å². The zero-order valence-electron chi connectivity index (χ0n) is 10.2. The molecule has 94 valence electrons.